The lowest BCUT2D eigenvalue weighted by Gasteiger charge is -2.04. The SMILES string of the molecule is O=c1c2sccc2ncn1CCc1ccccn1. The molecule has 5 heteroatoms. The first-order valence-electron chi connectivity index (χ1n) is 5.67. The third kappa shape index (κ3) is 2.04. The highest BCUT2D eigenvalue weighted by atomic mass is 32.1. The van der Waals surface area contributed by atoms with Crippen molar-refractivity contribution in [3.63, 3.8) is 0 Å². The van der Waals surface area contributed by atoms with E-state index in [4.69, 9.17) is 0 Å². The zero-order valence-corrected chi connectivity index (χ0v) is 10.4. The van der Waals surface area contributed by atoms with E-state index < -0.39 is 0 Å². The van der Waals surface area contributed by atoms with Gasteiger partial charge in [0.25, 0.3) is 5.56 Å². The number of pyridine rings is 1. The van der Waals surface area contributed by atoms with Crippen LogP contribution in [-0.2, 0) is 13.0 Å². The van der Waals surface area contributed by atoms with Crippen molar-refractivity contribution in [3.05, 3.63) is 58.2 Å². The fourth-order valence-electron chi connectivity index (χ4n) is 1.82. The average Bonchev–Trinajstić information content (AvgIpc) is 2.88. The van der Waals surface area contributed by atoms with Crippen molar-refractivity contribution in [1.29, 1.82) is 0 Å². The number of aryl methyl sites for hydroxylation is 2. The summed E-state index contributed by atoms with van der Waals surface area (Å²) in [4.78, 5) is 20.6. The Hall–Kier alpha value is -2.01. The van der Waals surface area contributed by atoms with Gasteiger partial charge in [0.2, 0.25) is 0 Å². The largest absolute Gasteiger partial charge is 0.298 e. The molecule has 0 atom stereocenters. The number of nitrogens with zero attached hydrogens (tertiary/aromatic N) is 3. The standard InChI is InChI=1S/C13H11N3OS/c17-13-12-11(5-8-18-12)15-9-16(13)7-4-10-3-1-2-6-14-10/h1-3,5-6,8-9H,4,7H2. The van der Waals surface area contributed by atoms with E-state index in [-0.39, 0.29) is 5.56 Å². The molecule has 18 heavy (non-hydrogen) atoms. The molecule has 0 spiro atoms. The number of hydrogen-bond donors (Lipinski definition) is 0. The first-order valence-corrected chi connectivity index (χ1v) is 6.55. The highest BCUT2D eigenvalue weighted by Crippen LogP contribution is 2.13. The van der Waals surface area contributed by atoms with Crippen LogP contribution in [-0.4, -0.2) is 14.5 Å². The zero-order chi connectivity index (χ0) is 12.4. The second-order valence-corrected chi connectivity index (χ2v) is 4.87. The van der Waals surface area contributed by atoms with Gasteiger partial charge in [-0.3, -0.25) is 14.3 Å². The minimum absolute atomic E-state index is 0.0333. The smallest absolute Gasteiger partial charge is 0.271 e. The molecule has 3 heterocycles. The number of aromatic nitrogens is 3. The monoisotopic (exact) mass is 257 g/mol. The van der Waals surface area contributed by atoms with Gasteiger partial charge in [0.15, 0.2) is 0 Å². The summed E-state index contributed by atoms with van der Waals surface area (Å²) in [6, 6.07) is 7.66. The molecule has 0 N–H and O–H groups in total. The van der Waals surface area contributed by atoms with E-state index in [0.717, 1.165) is 22.3 Å². The van der Waals surface area contributed by atoms with Gasteiger partial charge in [-0.1, -0.05) is 6.07 Å². The molecule has 3 aromatic heterocycles. The predicted octanol–water partition coefficient (Wildman–Crippen LogP) is 2.10. The van der Waals surface area contributed by atoms with Crippen LogP contribution < -0.4 is 5.56 Å². The van der Waals surface area contributed by atoms with E-state index in [1.54, 1.807) is 17.1 Å². The van der Waals surface area contributed by atoms with Gasteiger partial charge >= 0.3 is 0 Å². The summed E-state index contributed by atoms with van der Waals surface area (Å²) in [5.41, 5.74) is 1.79. The maximum absolute atomic E-state index is 12.1. The van der Waals surface area contributed by atoms with Crippen LogP contribution >= 0.6 is 11.3 Å². The maximum Gasteiger partial charge on any atom is 0.271 e. The molecule has 3 rings (SSSR count). The van der Waals surface area contributed by atoms with E-state index in [9.17, 15) is 4.79 Å². The van der Waals surface area contributed by atoms with Crippen LogP contribution in [0, 0.1) is 0 Å². The van der Waals surface area contributed by atoms with E-state index in [0.29, 0.717) is 6.54 Å². The normalized spacial score (nSPS) is 10.9. The lowest BCUT2D eigenvalue weighted by molar-refractivity contribution is 0.655. The van der Waals surface area contributed by atoms with E-state index in [2.05, 4.69) is 9.97 Å². The van der Waals surface area contributed by atoms with Crippen molar-refractivity contribution in [3.8, 4) is 0 Å². The van der Waals surface area contributed by atoms with Crippen molar-refractivity contribution in [1.82, 2.24) is 14.5 Å². The third-order valence-electron chi connectivity index (χ3n) is 2.77. The lowest BCUT2D eigenvalue weighted by atomic mass is 10.3. The van der Waals surface area contributed by atoms with E-state index in [1.807, 2.05) is 29.6 Å². The van der Waals surface area contributed by atoms with Gasteiger partial charge in [-0.2, -0.15) is 0 Å². The van der Waals surface area contributed by atoms with Crippen molar-refractivity contribution in [2.45, 2.75) is 13.0 Å². The molecule has 0 unspecified atom stereocenters. The minimum atomic E-state index is 0.0333. The molecular formula is C13H11N3OS. The topological polar surface area (TPSA) is 47.8 Å². The third-order valence-corrected chi connectivity index (χ3v) is 3.66. The minimum Gasteiger partial charge on any atom is -0.298 e. The number of hydrogen-bond acceptors (Lipinski definition) is 4. The lowest BCUT2D eigenvalue weighted by Crippen LogP contribution is -2.20. The van der Waals surface area contributed by atoms with Crippen molar-refractivity contribution < 1.29 is 0 Å². The second kappa shape index (κ2) is 4.70. The highest BCUT2D eigenvalue weighted by molar-refractivity contribution is 7.17. The summed E-state index contributed by atoms with van der Waals surface area (Å²) in [5.74, 6) is 0. The van der Waals surface area contributed by atoms with Gasteiger partial charge in [0.1, 0.15) is 4.70 Å². The number of fused-ring (bicyclic) bond motifs is 1. The number of thiophene rings is 1. The fraction of sp³-hybridized carbons (Fsp3) is 0.154. The molecule has 0 aliphatic carbocycles. The van der Waals surface area contributed by atoms with Crippen LogP contribution in [0.2, 0.25) is 0 Å². The van der Waals surface area contributed by atoms with Crippen LogP contribution in [0.5, 0.6) is 0 Å². The van der Waals surface area contributed by atoms with Crippen molar-refractivity contribution >= 4 is 21.6 Å². The summed E-state index contributed by atoms with van der Waals surface area (Å²) in [6.45, 7) is 0.608. The maximum atomic E-state index is 12.1. The Balaban J connectivity index is 1.87. The van der Waals surface area contributed by atoms with Gasteiger partial charge in [-0.15, -0.1) is 11.3 Å². The predicted molar refractivity (Wildman–Crippen MR) is 71.8 cm³/mol. The Morgan fingerprint density at radius 1 is 1.22 bits per heavy atom. The Labute approximate surface area is 108 Å². The Bertz CT molecular complexity index is 718. The van der Waals surface area contributed by atoms with Crippen LogP contribution in [0.15, 0.2) is 47.0 Å². The molecule has 0 saturated heterocycles. The molecule has 0 fully saturated rings. The van der Waals surface area contributed by atoms with Crippen LogP contribution in [0.3, 0.4) is 0 Å². The Kier molecular flexibility index (Phi) is 2.90. The van der Waals surface area contributed by atoms with Gasteiger partial charge in [-0.05, 0) is 23.6 Å². The van der Waals surface area contributed by atoms with Gasteiger partial charge in [-0.25, -0.2) is 4.98 Å². The van der Waals surface area contributed by atoms with Crippen molar-refractivity contribution in [2.24, 2.45) is 0 Å². The summed E-state index contributed by atoms with van der Waals surface area (Å²) in [7, 11) is 0. The van der Waals surface area contributed by atoms with Gasteiger partial charge < -0.3 is 0 Å². The summed E-state index contributed by atoms with van der Waals surface area (Å²) >= 11 is 1.44. The van der Waals surface area contributed by atoms with Gasteiger partial charge in [0, 0.05) is 24.9 Å². The molecular weight excluding hydrogens is 246 g/mol. The quantitative estimate of drug-likeness (QED) is 0.722. The van der Waals surface area contributed by atoms with Crippen LogP contribution in [0.25, 0.3) is 10.2 Å². The van der Waals surface area contributed by atoms with Crippen molar-refractivity contribution in [2.75, 3.05) is 0 Å². The van der Waals surface area contributed by atoms with E-state index >= 15 is 0 Å². The molecule has 4 nitrogen and oxygen atoms in total. The number of rotatable bonds is 3. The summed E-state index contributed by atoms with van der Waals surface area (Å²) < 4.78 is 2.37. The first kappa shape index (κ1) is 11.1. The average molecular weight is 257 g/mol. The molecule has 3 aromatic rings. The summed E-state index contributed by atoms with van der Waals surface area (Å²) in [6.07, 6.45) is 4.11. The Morgan fingerprint density at radius 2 is 2.17 bits per heavy atom. The summed E-state index contributed by atoms with van der Waals surface area (Å²) in [5, 5.41) is 1.89. The van der Waals surface area contributed by atoms with Gasteiger partial charge in [0.05, 0.1) is 11.8 Å². The molecule has 90 valence electrons. The Morgan fingerprint density at radius 3 is 3.00 bits per heavy atom. The molecule has 0 saturated carbocycles. The molecule has 0 aromatic carbocycles. The zero-order valence-electron chi connectivity index (χ0n) is 9.61. The molecule has 0 bridgehead atoms. The molecule has 0 aliphatic heterocycles. The molecule has 0 radical (unpaired) electrons. The van der Waals surface area contributed by atoms with Crippen LogP contribution in [0.4, 0.5) is 0 Å². The van der Waals surface area contributed by atoms with E-state index in [1.165, 1.54) is 11.3 Å². The molecule has 0 aliphatic rings. The van der Waals surface area contributed by atoms with Crippen LogP contribution in [0.1, 0.15) is 5.69 Å². The second-order valence-electron chi connectivity index (χ2n) is 3.95. The highest BCUT2D eigenvalue weighted by Gasteiger charge is 2.05. The fourth-order valence-corrected chi connectivity index (χ4v) is 2.61. The molecule has 0 amide bonds. The first-order chi connectivity index (χ1) is 8.84.